The van der Waals surface area contributed by atoms with Crippen molar-refractivity contribution < 1.29 is 27.9 Å². The fourth-order valence-electron chi connectivity index (χ4n) is 4.49. The molecule has 3 N–H and O–H groups in total. The molecule has 0 saturated carbocycles. The van der Waals surface area contributed by atoms with Crippen LogP contribution in [0.2, 0.25) is 0 Å². The Morgan fingerprint density at radius 1 is 1.05 bits per heavy atom. The quantitative estimate of drug-likeness (QED) is 0.380. The molecule has 3 amide bonds. The molecule has 1 aliphatic rings. The van der Waals surface area contributed by atoms with Gasteiger partial charge in [-0.3, -0.25) is 4.79 Å². The van der Waals surface area contributed by atoms with Gasteiger partial charge in [0.2, 0.25) is 10.0 Å². The molecule has 11 heteroatoms. The zero-order valence-electron chi connectivity index (χ0n) is 22.7. The van der Waals surface area contributed by atoms with Crippen LogP contribution in [-0.4, -0.2) is 73.6 Å². The van der Waals surface area contributed by atoms with Crippen molar-refractivity contribution in [3.63, 3.8) is 0 Å². The number of nitrogens with one attached hydrogen (secondary N) is 2. The summed E-state index contributed by atoms with van der Waals surface area (Å²) in [6.45, 7) is 3.57. The fraction of sp³-hybridized carbons (Fsp3) is 0.310. The van der Waals surface area contributed by atoms with Crippen molar-refractivity contribution in [3.8, 4) is 5.75 Å². The zero-order chi connectivity index (χ0) is 28.9. The Kier molecular flexibility index (Phi) is 9.08. The van der Waals surface area contributed by atoms with Crippen molar-refractivity contribution in [3.05, 3.63) is 84.4 Å². The van der Waals surface area contributed by atoms with Crippen LogP contribution < -0.4 is 15.4 Å². The minimum Gasteiger partial charge on any atom is -0.486 e. The molecule has 10 nitrogen and oxygen atoms in total. The van der Waals surface area contributed by atoms with Crippen LogP contribution in [-0.2, 0) is 10.0 Å². The molecule has 0 spiro atoms. The van der Waals surface area contributed by atoms with Gasteiger partial charge in [0, 0.05) is 25.2 Å². The lowest BCUT2D eigenvalue weighted by atomic mass is 9.99. The highest BCUT2D eigenvalue weighted by molar-refractivity contribution is 7.89. The maximum atomic E-state index is 13.6. The van der Waals surface area contributed by atoms with Gasteiger partial charge >= 0.3 is 6.03 Å². The second-order valence-electron chi connectivity index (χ2n) is 9.85. The van der Waals surface area contributed by atoms with E-state index in [1.807, 2.05) is 13.0 Å². The molecule has 1 heterocycles. The van der Waals surface area contributed by atoms with Crippen molar-refractivity contribution in [2.75, 3.05) is 37.4 Å². The molecule has 0 bridgehead atoms. The summed E-state index contributed by atoms with van der Waals surface area (Å²) in [5.41, 5.74) is 1.03. The second-order valence-corrected chi connectivity index (χ2v) is 11.9. The van der Waals surface area contributed by atoms with Gasteiger partial charge in [0.05, 0.1) is 35.3 Å². The van der Waals surface area contributed by atoms with E-state index in [2.05, 4.69) is 10.6 Å². The van der Waals surface area contributed by atoms with E-state index in [9.17, 15) is 23.1 Å². The number of nitrogens with zero attached hydrogens (tertiary/aromatic N) is 2. The van der Waals surface area contributed by atoms with Crippen molar-refractivity contribution in [2.45, 2.75) is 30.9 Å². The summed E-state index contributed by atoms with van der Waals surface area (Å²) in [5.74, 6) is -0.558. The van der Waals surface area contributed by atoms with Crippen LogP contribution in [0.15, 0.2) is 83.8 Å². The number of para-hydroxylation sites is 2. The molecule has 0 radical (unpaired) electrons. The average Bonchev–Trinajstić information content (AvgIpc) is 2.95. The van der Waals surface area contributed by atoms with Crippen LogP contribution in [0.4, 0.5) is 16.2 Å². The molecule has 3 atom stereocenters. The van der Waals surface area contributed by atoms with Gasteiger partial charge in [-0.25, -0.2) is 13.2 Å². The third-order valence-corrected chi connectivity index (χ3v) is 8.70. The summed E-state index contributed by atoms with van der Waals surface area (Å²) in [6.07, 6.45) is -0.691. The number of likely N-dealkylation sites (N-methyl/N-ethyl adjacent to an activating group) is 1. The summed E-state index contributed by atoms with van der Waals surface area (Å²) in [5, 5.41) is 15.4. The number of aliphatic hydroxyl groups is 1. The number of aliphatic hydroxyl groups excluding tert-OH is 1. The van der Waals surface area contributed by atoms with Gasteiger partial charge in [0.25, 0.3) is 5.91 Å². The van der Waals surface area contributed by atoms with Crippen LogP contribution in [0.1, 0.15) is 24.2 Å². The Morgan fingerprint density at radius 2 is 1.70 bits per heavy atom. The number of urea groups is 1. The summed E-state index contributed by atoms with van der Waals surface area (Å²) in [7, 11) is -2.34. The first-order valence-electron chi connectivity index (χ1n) is 13.0. The number of hydrogen-bond donors (Lipinski definition) is 3. The van der Waals surface area contributed by atoms with Crippen LogP contribution in [0, 0.1) is 5.92 Å². The third-order valence-electron chi connectivity index (χ3n) is 6.86. The number of carbonyl (C=O) groups is 2. The number of sulfonamides is 1. The number of fused-ring (bicyclic) bond motifs is 1. The number of anilines is 2. The highest BCUT2D eigenvalue weighted by Gasteiger charge is 2.36. The lowest BCUT2D eigenvalue weighted by molar-refractivity contribution is 0.0389. The Morgan fingerprint density at radius 3 is 2.35 bits per heavy atom. The molecule has 40 heavy (non-hydrogen) atoms. The molecule has 212 valence electrons. The maximum absolute atomic E-state index is 13.6. The van der Waals surface area contributed by atoms with Gasteiger partial charge in [-0.1, -0.05) is 49.4 Å². The van der Waals surface area contributed by atoms with E-state index in [1.54, 1.807) is 72.5 Å². The fourth-order valence-corrected chi connectivity index (χ4v) is 5.69. The number of ether oxygens (including phenoxy) is 1. The lowest BCUT2D eigenvalue weighted by Crippen LogP contribution is -2.50. The smallest absolute Gasteiger partial charge is 0.323 e. The van der Waals surface area contributed by atoms with Crippen molar-refractivity contribution in [1.82, 2.24) is 9.21 Å². The number of rotatable bonds is 8. The van der Waals surface area contributed by atoms with Gasteiger partial charge in [0.15, 0.2) is 5.75 Å². The molecule has 0 unspecified atom stereocenters. The summed E-state index contributed by atoms with van der Waals surface area (Å²) in [4.78, 5) is 28.2. The second kappa shape index (κ2) is 12.5. The molecule has 0 fully saturated rings. The molecule has 3 aromatic rings. The molecule has 0 aliphatic carbocycles. The van der Waals surface area contributed by atoms with Gasteiger partial charge in [-0.05, 0) is 43.3 Å². The number of carbonyl (C=O) groups excluding carboxylic acids is 2. The van der Waals surface area contributed by atoms with Crippen molar-refractivity contribution >= 4 is 33.3 Å². The predicted octanol–water partition coefficient (Wildman–Crippen LogP) is 3.87. The van der Waals surface area contributed by atoms with Crippen LogP contribution in [0.25, 0.3) is 0 Å². The first-order valence-corrected chi connectivity index (χ1v) is 14.4. The predicted molar refractivity (Wildman–Crippen MR) is 153 cm³/mol. The first kappa shape index (κ1) is 29.1. The summed E-state index contributed by atoms with van der Waals surface area (Å²) >= 11 is 0. The summed E-state index contributed by atoms with van der Waals surface area (Å²) < 4.78 is 34.2. The minimum atomic E-state index is -3.82. The van der Waals surface area contributed by atoms with Gasteiger partial charge in [-0.2, -0.15) is 4.31 Å². The molecule has 1 aliphatic heterocycles. The zero-order valence-corrected chi connectivity index (χ0v) is 23.5. The molecule has 4 rings (SSSR count). The molecular weight excluding hydrogens is 532 g/mol. The maximum Gasteiger partial charge on any atom is 0.323 e. The average molecular weight is 567 g/mol. The Hall–Kier alpha value is -3.93. The normalized spacial score (nSPS) is 18.2. The number of benzene rings is 3. The van der Waals surface area contributed by atoms with E-state index < -0.39 is 28.2 Å². The topological polar surface area (TPSA) is 128 Å². The highest BCUT2D eigenvalue weighted by atomic mass is 32.2. The van der Waals surface area contributed by atoms with Crippen LogP contribution in [0.5, 0.6) is 5.75 Å². The van der Waals surface area contributed by atoms with Crippen molar-refractivity contribution in [2.24, 2.45) is 5.92 Å². The van der Waals surface area contributed by atoms with Crippen LogP contribution in [0.3, 0.4) is 0 Å². The van der Waals surface area contributed by atoms with Gasteiger partial charge in [-0.15, -0.1) is 0 Å². The third kappa shape index (κ3) is 6.44. The largest absolute Gasteiger partial charge is 0.486 e. The van der Waals surface area contributed by atoms with E-state index in [0.29, 0.717) is 5.69 Å². The first-order chi connectivity index (χ1) is 19.1. The highest BCUT2D eigenvalue weighted by Crippen LogP contribution is 2.35. The SMILES string of the molecule is C[C@H](CO)N1C[C@H](C)[C@@H](CN(C)S(=O)(=O)c2ccccc2)Oc2c(NC(=O)Nc3ccccc3)cccc2C1=O. The van der Waals surface area contributed by atoms with Gasteiger partial charge < -0.3 is 25.4 Å². The van der Waals surface area contributed by atoms with Crippen molar-refractivity contribution in [1.29, 1.82) is 0 Å². The molecular formula is C29H34N4O6S. The molecule has 0 saturated heterocycles. The van der Waals surface area contributed by atoms with E-state index in [0.717, 1.165) is 0 Å². The van der Waals surface area contributed by atoms with E-state index in [-0.39, 0.29) is 53.4 Å². The van der Waals surface area contributed by atoms with E-state index >= 15 is 0 Å². The molecule has 0 aromatic heterocycles. The Bertz CT molecular complexity index is 1440. The standard InChI is InChI=1S/C29H34N4O6S/c1-20-17-33(21(2)19-34)28(35)24-15-10-16-25(31-29(36)30-22-11-6-4-7-12-22)27(24)39-26(20)18-32(3)40(37,38)23-13-8-5-9-14-23/h4-16,20-21,26,34H,17-19H2,1-3H3,(H2,30,31,36)/t20-,21+,26+/m0/s1. The number of hydrogen-bond acceptors (Lipinski definition) is 6. The summed E-state index contributed by atoms with van der Waals surface area (Å²) in [6, 6.07) is 20.8. The Labute approximate surface area is 234 Å². The van der Waals surface area contributed by atoms with E-state index in [1.165, 1.54) is 23.5 Å². The Balaban J connectivity index is 1.69. The molecule has 3 aromatic carbocycles. The monoisotopic (exact) mass is 566 g/mol. The van der Waals surface area contributed by atoms with Crippen LogP contribution >= 0.6 is 0 Å². The number of amides is 3. The van der Waals surface area contributed by atoms with Gasteiger partial charge in [0.1, 0.15) is 6.10 Å². The lowest BCUT2D eigenvalue weighted by Gasteiger charge is -2.38. The minimum absolute atomic E-state index is 0.0160. The van der Waals surface area contributed by atoms with E-state index in [4.69, 9.17) is 4.74 Å².